The van der Waals surface area contributed by atoms with E-state index in [4.69, 9.17) is 0 Å². The van der Waals surface area contributed by atoms with Gasteiger partial charge in [-0.05, 0) is 65.2 Å². The third-order valence-corrected chi connectivity index (χ3v) is 3.61. The Labute approximate surface area is 106 Å². The monoisotopic (exact) mass is 237 g/mol. The second-order valence-electron chi connectivity index (χ2n) is 5.38. The first kappa shape index (κ1) is 14.5. The summed E-state index contributed by atoms with van der Waals surface area (Å²) in [6.45, 7) is 8.77. The molecule has 0 aromatic heterocycles. The molecular weight excluding hydrogens is 210 g/mol. The third-order valence-electron chi connectivity index (χ3n) is 3.61. The largest absolute Gasteiger partial charge is 0.303 e. The molecular formula is C14H27N3. The summed E-state index contributed by atoms with van der Waals surface area (Å²) in [7, 11) is 0. The van der Waals surface area contributed by atoms with E-state index < -0.39 is 0 Å². The minimum absolute atomic E-state index is 0.328. The lowest BCUT2D eigenvalue weighted by Gasteiger charge is -2.28. The van der Waals surface area contributed by atoms with Crippen molar-refractivity contribution in [3.8, 4) is 6.07 Å². The summed E-state index contributed by atoms with van der Waals surface area (Å²) in [6.07, 6.45) is 7.27. The van der Waals surface area contributed by atoms with E-state index in [0.717, 1.165) is 32.4 Å². The fourth-order valence-corrected chi connectivity index (χ4v) is 2.42. The zero-order valence-electron chi connectivity index (χ0n) is 11.5. The lowest BCUT2D eigenvalue weighted by Crippen LogP contribution is -2.42. The van der Waals surface area contributed by atoms with Crippen LogP contribution in [0.25, 0.3) is 0 Å². The first-order chi connectivity index (χ1) is 8.20. The fraction of sp³-hybridized carbons (Fsp3) is 0.929. The van der Waals surface area contributed by atoms with Gasteiger partial charge in [-0.3, -0.25) is 5.32 Å². The maximum Gasteiger partial charge on any atom is 0.103 e. The van der Waals surface area contributed by atoms with Crippen LogP contribution in [0.15, 0.2) is 0 Å². The SMILES string of the molecule is CCCNC(C)(C#N)CCCN1CCCCC1. The molecule has 1 atom stereocenters. The summed E-state index contributed by atoms with van der Waals surface area (Å²) in [4.78, 5) is 2.54. The number of likely N-dealkylation sites (tertiary alicyclic amines) is 1. The number of nitriles is 1. The Morgan fingerprint density at radius 2 is 2.00 bits per heavy atom. The summed E-state index contributed by atoms with van der Waals surface area (Å²) in [6, 6.07) is 2.42. The minimum Gasteiger partial charge on any atom is -0.303 e. The van der Waals surface area contributed by atoms with Crippen molar-refractivity contribution in [2.24, 2.45) is 0 Å². The van der Waals surface area contributed by atoms with Crippen LogP contribution >= 0.6 is 0 Å². The number of nitrogens with one attached hydrogen (secondary N) is 1. The lowest BCUT2D eigenvalue weighted by molar-refractivity contribution is 0.218. The molecule has 0 saturated carbocycles. The molecule has 0 aromatic rings. The molecule has 0 aliphatic carbocycles. The van der Waals surface area contributed by atoms with E-state index in [-0.39, 0.29) is 5.54 Å². The van der Waals surface area contributed by atoms with E-state index in [1.165, 1.54) is 32.4 Å². The third kappa shape index (κ3) is 5.52. The van der Waals surface area contributed by atoms with Crippen LogP contribution < -0.4 is 5.32 Å². The van der Waals surface area contributed by atoms with Crippen molar-refractivity contribution < 1.29 is 0 Å². The molecule has 0 spiro atoms. The Morgan fingerprint density at radius 3 is 2.59 bits per heavy atom. The Bertz CT molecular complexity index is 240. The zero-order valence-corrected chi connectivity index (χ0v) is 11.5. The normalized spacial score (nSPS) is 20.8. The molecule has 98 valence electrons. The Balaban J connectivity index is 2.20. The highest BCUT2D eigenvalue weighted by atomic mass is 15.1. The van der Waals surface area contributed by atoms with Crippen LogP contribution in [0.5, 0.6) is 0 Å². The molecule has 3 heteroatoms. The molecule has 1 saturated heterocycles. The van der Waals surface area contributed by atoms with Gasteiger partial charge in [-0.1, -0.05) is 13.3 Å². The second-order valence-corrected chi connectivity index (χ2v) is 5.38. The summed E-state index contributed by atoms with van der Waals surface area (Å²) in [5.74, 6) is 0. The summed E-state index contributed by atoms with van der Waals surface area (Å²) in [5, 5.41) is 12.6. The van der Waals surface area contributed by atoms with Crippen LogP contribution in [0.2, 0.25) is 0 Å². The highest BCUT2D eigenvalue weighted by Gasteiger charge is 2.22. The van der Waals surface area contributed by atoms with Gasteiger partial charge in [-0.15, -0.1) is 0 Å². The quantitative estimate of drug-likeness (QED) is 0.739. The Morgan fingerprint density at radius 1 is 1.29 bits per heavy atom. The van der Waals surface area contributed by atoms with Crippen molar-refractivity contribution in [3.63, 3.8) is 0 Å². The van der Waals surface area contributed by atoms with E-state index in [0.29, 0.717) is 0 Å². The molecule has 0 amide bonds. The predicted octanol–water partition coefficient (Wildman–Crippen LogP) is 2.53. The average molecular weight is 237 g/mol. The van der Waals surface area contributed by atoms with E-state index in [2.05, 4.69) is 23.2 Å². The van der Waals surface area contributed by atoms with Crippen molar-refractivity contribution in [2.45, 2.75) is 57.9 Å². The molecule has 1 rings (SSSR count). The highest BCUT2D eigenvalue weighted by Crippen LogP contribution is 2.14. The van der Waals surface area contributed by atoms with Gasteiger partial charge in [0.2, 0.25) is 0 Å². The van der Waals surface area contributed by atoms with Gasteiger partial charge in [0.15, 0.2) is 0 Å². The van der Waals surface area contributed by atoms with Crippen molar-refractivity contribution in [3.05, 3.63) is 0 Å². The first-order valence-corrected chi connectivity index (χ1v) is 7.09. The Kier molecular flexibility index (Phi) is 6.54. The molecule has 1 aliphatic heterocycles. The predicted molar refractivity (Wildman–Crippen MR) is 71.8 cm³/mol. The number of nitrogens with zero attached hydrogens (tertiary/aromatic N) is 2. The summed E-state index contributed by atoms with van der Waals surface area (Å²) in [5.41, 5.74) is -0.328. The average Bonchev–Trinajstić information content (AvgIpc) is 2.38. The number of piperidine rings is 1. The fourth-order valence-electron chi connectivity index (χ4n) is 2.42. The molecule has 1 heterocycles. The molecule has 3 nitrogen and oxygen atoms in total. The van der Waals surface area contributed by atoms with Crippen LogP contribution in [-0.2, 0) is 0 Å². The lowest BCUT2D eigenvalue weighted by atomic mass is 9.97. The maximum atomic E-state index is 9.22. The van der Waals surface area contributed by atoms with E-state index in [9.17, 15) is 5.26 Å². The molecule has 1 aliphatic rings. The molecule has 1 N–H and O–H groups in total. The van der Waals surface area contributed by atoms with E-state index in [1.807, 2.05) is 6.92 Å². The van der Waals surface area contributed by atoms with Crippen LogP contribution in [-0.4, -0.2) is 36.6 Å². The molecule has 1 unspecified atom stereocenters. The van der Waals surface area contributed by atoms with Gasteiger partial charge < -0.3 is 4.90 Å². The number of hydrogen-bond donors (Lipinski definition) is 1. The highest BCUT2D eigenvalue weighted by molar-refractivity contribution is 5.03. The van der Waals surface area contributed by atoms with Crippen molar-refractivity contribution in [1.29, 1.82) is 5.26 Å². The second kappa shape index (κ2) is 7.68. The maximum absolute atomic E-state index is 9.22. The standard InChI is InChI=1S/C14H27N3/c1-3-9-16-14(2,13-15)8-7-12-17-10-5-4-6-11-17/h16H,3-12H2,1-2H3. The zero-order chi connectivity index (χ0) is 12.6. The van der Waals surface area contributed by atoms with Gasteiger partial charge in [0, 0.05) is 0 Å². The summed E-state index contributed by atoms with van der Waals surface area (Å²) >= 11 is 0. The van der Waals surface area contributed by atoms with Gasteiger partial charge in [-0.25, -0.2) is 0 Å². The molecule has 0 bridgehead atoms. The van der Waals surface area contributed by atoms with Crippen molar-refractivity contribution in [2.75, 3.05) is 26.2 Å². The molecule has 0 radical (unpaired) electrons. The van der Waals surface area contributed by atoms with Crippen LogP contribution in [0, 0.1) is 11.3 Å². The Hall–Kier alpha value is -0.590. The molecule has 1 fully saturated rings. The molecule has 17 heavy (non-hydrogen) atoms. The van der Waals surface area contributed by atoms with Crippen molar-refractivity contribution >= 4 is 0 Å². The molecule has 0 aromatic carbocycles. The van der Waals surface area contributed by atoms with E-state index >= 15 is 0 Å². The van der Waals surface area contributed by atoms with Crippen LogP contribution in [0.3, 0.4) is 0 Å². The van der Waals surface area contributed by atoms with Gasteiger partial charge in [0.25, 0.3) is 0 Å². The first-order valence-electron chi connectivity index (χ1n) is 7.09. The van der Waals surface area contributed by atoms with Crippen molar-refractivity contribution in [1.82, 2.24) is 10.2 Å². The number of hydrogen-bond acceptors (Lipinski definition) is 3. The van der Waals surface area contributed by atoms with Crippen LogP contribution in [0.4, 0.5) is 0 Å². The number of rotatable bonds is 7. The minimum atomic E-state index is -0.328. The van der Waals surface area contributed by atoms with Crippen LogP contribution in [0.1, 0.15) is 52.4 Å². The smallest absolute Gasteiger partial charge is 0.103 e. The van der Waals surface area contributed by atoms with Gasteiger partial charge in [0.05, 0.1) is 6.07 Å². The topological polar surface area (TPSA) is 39.1 Å². The van der Waals surface area contributed by atoms with Gasteiger partial charge >= 0.3 is 0 Å². The van der Waals surface area contributed by atoms with E-state index in [1.54, 1.807) is 0 Å². The summed E-state index contributed by atoms with van der Waals surface area (Å²) < 4.78 is 0. The van der Waals surface area contributed by atoms with Gasteiger partial charge in [-0.2, -0.15) is 5.26 Å². The van der Waals surface area contributed by atoms with Gasteiger partial charge in [0.1, 0.15) is 5.54 Å².